The maximum Gasteiger partial charge on any atom is 0.304 e. The number of hydrogen-bond donors (Lipinski definition) is 2. The van der Waals surface area contributed by atoms with Crippen LogP contribution in [0.2, 0.25) is 5.02 Å². The molecule has 0 heterocycles. The first-order valence-corrected chi connectivity index (χ1v) is 7.09. The molecule has 1 atom stereocenters. The van der Waals surface area contributed by atoms with Gasteiger partial charge in [0.2, 0.25) is 0 Å². The van der Waals surface area contributed by atoms with Crippen LogP contribution in [0.5, 0.6) is 0 Å². The third-order valence-electron chi connectivity index (χ3n) is 3.16. The van der Waals surface area contributed by atoms with Gasteiger partial charge in [0.05, 0.1) is 12.8 Å². The summed E-state index contributed by atoms with van der Waals surface area (Å²) in [6.45, 7) is 0.431. The topological polar surface area (TPSA) is 94.9 Å². The van der Waals surface area contributed by atoms with Gasteiger partial charge in [-0.1, -0.05) is 11.6 Å². The molecule has 0 bridgehead atoms. The smallest absolute Gasteiger partial charge is 0.304 e. The van der Waals surface area contributed by atoms with E-state index in [2.05, 4.69) is 0 Å². The number of carboxylic acids is 2. The summed E-state index contributed by atoms with van der Waals surface area (Å²) in [4.78, 5) is 35.6. The van der Waals surface area contributed by atoms with E-state index in [4.69, 9.17) is 21.8 Å². The number of carboxylic acid groups (broad SMARTS) is 2. The molecule has 0 aliphatic rings. The zero-order chi connectivity index (χ0) is 16.7. The lowest BCUT2D eigenvalue weighted by Gasteiger charge is -2.21. The highest BCUT2D eigenvalue weighted by Gasteiger charge is 2.24. The second-order valence-electron chi connectivity index (χ2n) is 5.07. The third kappa shape index (κ3) is 6.24. The van der Waals surface area contributed by atoms with Crippen LogP contribution in [0.15, 0.2) is 24.3 Å². The molecule has 0 aliphatic heterocycles. The summed E-state index contributed by atoms with van der Waals surface area (Å²) in [5.74, 6) is -3.04. The Kier molecular flexibility index (Phi) is 7.01. The van der Waals surface area contributed by atoms with Gasteiger partial charge in [-0.15, -0.1) is 0 Å². The molecule has 0 aliphatic carbocycles. The van der Waals surface area contributed by atoms with Crippen LogP contribution in [0.3, 0.4) is 0 Å². The van der Waals surface area contributed by atoms with Crippen molar-refractivity contribution >= 4 is 29.3 Å². The monoisotopic (exact) mass is 327 g/mol. The van der Waals surface area contributed by atoms with Gasteiger partial charge in [-0.25, -0.2) is 0 Å². The molecule has 1 unspecified atom stereocenters. The first-order chi connectivity index (χ1) is 10.3. The molecular formula is C15H18ClNO5. The fourth-order valence-corrected chi connectivity index (χ4v) is 2.18. The Morgan fingerprint density at radius 2 is 1.73 bits per heavy atom. The zero-order valence-electron chi connectivity index (χ0n) is 12.2. The molecule has 120 valence electrons. The standard InChI is InChI=1S/C15H18ClNO5/c1-17(7-6-13(18)19)9-11(8-14(20)21)15(22)10-2-4-12(16)5-3-10/h2-5,11H,6-9H2,1H3,(H,18,19)(H,20,21). The van der Waals surface area contributed by atoms with E-state index in [0.29, 0.717) is 10.6 Å². The minimum absolute atomic E-state index is 0.0641. The molecule has 0 saturated heterocycles. The summed E-state index contributed by atoms with van der Waals surface area (Å²) < 4.78 is 0. The molecule has 0 radical (unpaired) electrons. The number of ketones is 1. The van der Waals surface area contributed by atoms with Crippen LogP contribution in [-0.2, 0) is 9.59 Å². The molecule has 0 saturated carbocycles. The van der Waals surface area contributed by atoms with Crippen LogP contribution >= 0.6 is 11.6 Å². The van der Waals surface area contributed by atoms with E-state index in [9.17, 15) is 14.4 Å². The number of benzene rings is 1. The zero-order valence-corrected chi connectivity index (χ0v) is 12.9. The van der Waals surface area contributed by atoms with E-state index in [1.807, 2.05) is 0 Å². The second-order valence-corrected chi connectivity index (χ2v) is 5.51. The first kappa shape index (κ1) is 18.1. The molecule has 0 aromatic heterocycles. The lowest BCUT2D eigenvalue weighted by molar-refractivity contribution is -0.139. The number of halogens is 1. The van der Waals surface area contributed by atoms with E-state index < -0.39 is 17.9 Å². The highest BCUT2D eigenvalue weighted by atomic mass is 35.5. The Hall–Kier alpha value is -1.92. The van der Waals surface area contributed by atoms with Crippen LogP contribution < -0.4 is 0 Å². The van der Waals surface area contributed by atoms with Crippen molar-refractivity contribution in [3.63, 3.8) is 0 Å². The lowest BCUT2D eigenvalue weighted by Crippen LogP contribution is -2.33. The molecule has 1 aromatic carbocycles. The van der Waals surface area contributed by atoms with Crippen molar-refractivity contribution in [1.29, 1.82) is 0 Å². The lowest BCUT2D eigenvalue weighted by atomic mass is 9.94. The van der Waals surface area contributed by atoms with Crippen LogP contribution in [0.25, 0.3) is 0 Å². The fourth-order valence-electron chi connectivity index (χ4n) is 2.05. The predicted molar refractivity (Wildman–Crippen MR) is 81.3 cm³/mol. The molecule has 0 fully saturated rings. The van der Waals surface area contributed by atoms with Crippen molar-refractivity contribution in [1.82, 2.24) is 4.90 Å². The van der Waals surface area contributed by atoms with Crippen molar-refractivity contribution in [2.45, 2.75) is 12.8 Å². The summed E-state index contributed by atoms with van der Waals surface area (Å²) in [6.07, 6.45) is -0.371. The highest BCUT2D eigenvalue weighted by Crippen LogP contribution is 2.17. The highest BCUT2D eigenvalue weighted by molar-refractivity contribution is 6.30. The van der Waals surface area contributed by atoms with Gasteiger partial charge in [-0.2, -0.15) is 0 Å². The number of nitrogens with zero attached hydrogens (tertiary/aromatic N) is 1. The summed E-state index contributed by atoms with van der Waals surface area (Å²) in [7, 11) is 1.66. The molecular weight excluding hydrogens is 310 g/mol. The minimum Gasteiger partial charge on any atom is -0.481 e. The molecule has 1 rings (SSSR count). The number of hydrogen-bond acceptors (Lipinski definition) is 4. The molecule has 7 heteroatoms. The van der Waals surface area contributed by atoms with E-state index in [-0.39, 0.29) is 31.7 Å². The molecule has 6 nitrogen and oxygen atoms in total. The van der Waals surface area contributed by atoms with Gasteiger partial charge < -0.3 is 15.1 Å². The molecule has 22 heavy (non-hydrogen) atoms. The van der Waals surface area contributed by atoms with Gasteiger partial charge in [0.15, 0.2) is 5.78 Å². The number of Topliss-reactive ketones (excluding diaryl/α,β-unsaturated/α-hetero) is 1. The van der Waals surface area contributed by atoms with Crippen LogP contribution in [0, 0.1) is 5.92 Å². The van der Waals surface area contributed by atoms with E-state index in [1.165, 1.54) is 0 Å². The predicted octanol–water partition coefficient (Wildman–Crippen LogP) is 2.02. The van der Waals surface area contributed by atoms with Crippen molar-refractivity contribution < 1.29 is 24.6 Å². The second kappa shape index (κ2) is 8.51. The maximum atomic E-state index is 12.4. The van der Waals surface area contributed by atoms with Gasteiger partial charge in [-0.05, 0) is 31.3 Å². The normalized spacial score (nSPS) is 12.1. The Morgan fingerprint density at radius 1 is 1.14 bits per heavy atom. The van der Waals surface area contributed by atoms with Gasteiger partial charge in [-0.3, -0.25) is 14.4 Å². The minimum atomic E-state index is -1.07. The summed E-state index contributed by atoms with van der Waals surface area (Å²) in [5, 5.41) is 18.1. The summed E-state index contributed by atoms with van der Waals surface area (Å²) in [6, 6.07) is 6.25. The Labute approximate surface area is 133 Å². The average molecular weight is 328 g/mol. The number of rotatable bonds is 9. The maximum absolute atomic E-state index is 12.4. The van der Waals surface area contributed by atoms with Crippen molar-refractivity contribution in [2.75, 3.05) is 20.1 Å². The molecule has 2 N–H and O–H groups in total. The SMILES string of the molecule is CN(CCC(=O)O)CC(CC(=O)O)C(=O)c1ccc(Cl)cc1. The van der Waals surface area contributed by atoms with Crippen LogP contribution in [-0.4, -0.2) is 53.0 Å². The molecule has 1 aromatic rings. The van der Waals surface area contributed by atoms with Crippen LogP contribution in [0.1, 0.15) is 23.2 Å². The largest absolute Gasteiger partial charge is 0.481 e. The van der Waals surface area contributed by atoms with Crippen LogP contribution in [0.4, 0.5) is 0 Å². The van der Waals surface area contributed by atoms with E-state index in [1.54, 1.807) is 36.2 Å². The first-order valence-electron chi connectivity index (χ1n) is 6.71. The van der Waals surface area contributed by atoms with Gasteiger partial charge in [0, 0.05) is 29.6 Å². The van der Waals surface area contributed by atoms with Crippen molar-refractivity contribution in [3.05, 3.63) is 34.9 Å². The third-order valence-corrected chi connectivity index (χ3v) is 3.41. The Morgan fingerprint density at radius 3 is 2.23 bits per heavy atom. The fraction of sp³-hybridized carbons (Fsp3) is 0.400. The van der Waals surface area contributed by atoms with Crippen molar-refractivity contribution in [3.8, 4) is 0 Å². The van der Waals surface area contributed by atoms with E-state index in [0.717, 1.165) is 0 Å². The van der Waals surface area contributed by atoms with Gasteiger partial charge >= 0.3 is 11.9 Å². The van der Waals surface area contributed by atoms with Crippen molar-refractivity contribution in [2.24, 2.45) is 5.92 Å². The molecule has 0 spiro atoms. The average Bonchev–Trinajstić information content (AvgIpc) is 2.44. The Bertz CT molecular complexity index is 543. The number of carbonyl (C=O) groups is 3. The number of carbonyl (C=O) groups excluding carboxylic acids is 1. The van der Waals surface area contributed by atoms with E-state index >= 15 is 0 Å². The Balaban J connectivity index is 2.78. The summed E-state index contributed by atoms with van der Waals surface area (Å²) >= 11 is 5.77. The van der Waals surface area contributed by atoms with Gasteiger partial charge in [0.1, 0.15) is 0 Å². The number of aliphatic carboxylic acids is 2. The quantitative estimate of drug-likeness (QED) is 0.674. The van der Waals surface area contributed by atoms with Gasteiger partial charge in [0.25, 0.3) is 0 Å². The molecule has 0 amide bonds. The summed E-state index contributed by atoms with van der Waals surface area (Å²) in [5.41, 5.74) is 0.391.